The summed E-state index contributed by atoms with van der Waals surface area (Å²) in [5.74, 6) is -1.10. The van der Waals surface area contributed by atoms with Crippen molar-refractivity contribution in [3.8, 4) is 11.3 Å². The zero-order valence-corrected chi connectivity index (χ0v) is 16.4. The third-order valence-corrected chi connectivity index (χ3v) is 5.15. The fourth-order valence-electron chi connectivity index (χ4n) is 2.79. The van der Waals surface area contributed by atoms with E-state index < -0.39 is 11.7 Å². The Hall–Kier alpha value is -3.84. The van der Waals surface area contributed by atoms with Crippen LogP contribution in [0.5, 0.6) is 0 Å². The van der Waals surface area contributed by atoms with Gasteiger partial charge in [0.25, 0.3) is 11.8 Å². The molecule has 0 radical (unpaired) electrons. The lowest BCUT2D eigenvalue weighted by Gasteiger charge is -2.05. The number of amides is 2. The number of halogens is 1. The summed E-state index contributed by atoms with van der Waals surface area (Å²) in [4.78, 5) is 29.6. The number of nitrogens with zero attached hydrogens (tertiary/aromatic N) is 1. The number of hydrogen-bond donors (Lipinski definition) is 2. The lowest BCUT2D eigenvalue weighted by atomic mass is 10.1. The summed E-state index contributed by atoms with van der Waals surface area (Å²) in [6.07, 6.45) is 0. The number of carbonyl (C=O) groups is 2. The van der Waals surface area contributed by atoms with Gasteiger partial charge in [-0.2, -0.15) is 0 Å². The summed E-state index contributed by atoms with van der Waals surface area (Å²) in [5, 5.41) is 6.44. The van der Waals surface area contributed by atoms with Crippen molar-refractivity contribution < 1.29 is 14.0 Å². The maximum absolute atomic E-state index is 13.1. The van der Waals surface area contributed by atoms with Crippen molar-refractivity contribution in [3.05, 3.63) is 102 Å². The summed E-state index contributed by atoms with van der Waals surface area (Å²) in [6.45, 7) is 0. The summed E-state index contributed by atoms with van der Waals surface area (Å²) >= 11 is 1.15. The molecular formula is C23H16FN3O2S. The van der Waals surface area contributed by atoms with E-state index in [0.29, 0.717) is 27.0 Å². The van der Waals surface area contributed by atoms with Crippen molar-refractivity contribution in [1.29, 1.82) is 0 Å². The molecule has 0 saturated carbocycles. The van der Waals surface area contributed by atoms with Crippen LogP contribution in [0, 0.1) is 5.82 Å². The number of benzene rings is 3. The van der Waals surface area contributed by atoms with Crippen molar-refractivity contribution in [1.82, 2.24) is 4.98 Å². The Morgan fingerprint density at radius 2 is 1.30 bits per heavy atom. The monoisotopic (exact) mass is 417 g/mol. The smallest absolute Gasteiger partial charge is 0.257 e. The minimum absolute atomic E-state index is 0.271. The zero-order valence-electron chi connectivity index (χ0n) is 15.6. The topological polar surface area (TPSA) is 71.1 Å². The average molecular weight is 417 g/mol. The van der Waals surface area contributed by atoms with Crippen LogP contribution in [0.2, 0.25) is 0 Å². The van der Waals surface area contributed by atoms with E-state index >= 15 is 0 Å². The van der Waals surface area contributed by atoms with Crippen molar-refractivity contribution in [3.63, 3.8) is 0 Å². The first-order chi connectivity index (χ1) is 14.6. The predicted molar refractivity (Wildman–Crippen MR) is 116 cm³/mol. The molecule has 0 atom stereocenters. The maximum atomic E-state index is 13.1. The molecule has 148 valence electrons. The quantitative estimate of drug-likeness (QED) is 0.453. The van der Waals surface area contributed by atoms with E-state index in [4.69, 9.17) is 0 Å². The normalized spacial score (nSPS) is 10.4. The molecule has 4 aromatic rings. The first-order valence-electron chi connectivity index (χ1n) is 9.10. The second-order valence-corrected chi connectivity index (χ2v) is 7.34. The molecule has 0 aliphatic heterocycles. The molecule has 2 N–H and O–H groups in total. The van der Waals surface area contributed by atoms with Crippen LogP contribution < -0.4 is 10.6 Å². The standard InChI is InChI=1S/C23H16FN3O2S/c24-18-13-11-17(12-14-18)21(29)27-23-25-19(15-7-3-1-4-8-15)22(30-23)26-20(28)16-9-5-2-6-10-16/h1-14H,(H,26,28)(H,25,27,29). The molecule has 3 aromatic carbocycles. The van der Waals surface area contributed by atoms with Gasteiger partial charge in [-0.1, -0.05) is 59.9 Å². The van der Waals surface area contributed by atoms with Crippen LogP contribution in [0.1, 0.15) is 20.7 Å². The predicted octanol–water partition coefficient (Wildman–Crippen LogP) is 5.45. The molecule has 1 heterocycles. The lowest BCUT2D eigenvalue weighted by molar-refractivity contribution is 0.101. The van der Waals surface area contributed by atoms with Crippen LogP contribution in [0.4, 0.5) is 14.5 Å². The molecule has 0 unspecified atom stereocenters. The highest BCUT2D eigenvalue weighted by Crippen LogP contribution is 2.36. The van der Waals surface area contributed by atoms with Crippen LogP contribution >= 0.6 is 11.3 Å². The molecule has 4 rings (SSSR count). The van der Waals surface area contributed by atoms with Crippen molar-refractivity contribution in [2.45, 2.75) is 0 Å². The molecule has 0 bridgehead atoms. The molecule has 30 heavy (non-hydrogen) atoms. The van der Waals surface area contributed by atoms with E-state index in [-0.39, 0.29) is 5.91 Å². The van der Waals surface area contributed by atoms with E-state index in [1.54, 1.807) is 24.3 Å². The van der Waals surface area contributed by atoms with Gasteiger partial charge < -0.3 is 5.32 Å². The van der Waals surface area contributed by atoms with Crippen molar-refractivity contribution >= 4 is 33.3 Å². The minimum Gasteiger partial charge on any atom is -0.312 e. The summed E-state index contributed by atoms with van der Waals surface area (Å²) in [6, 6.07) is 23.4. The van der Waals surface area contributed by atoms with Crippen molar-refractivity contribution in [2.24, 2.45) is 0 Å². The highest BCUT2D eigenvalue weighted by Gasteiger charge is 2.18. The summed E-state index contributed by atoms with van der Waals surface area (Å²) in [5.41, 5.74) is 2.18. The average Bonchev–Trinajstić information content (AvgIpc) is 3.17. The molecule has 1 aromatic heterocycles. The van der Waals surface area contributed by atoms with Gasteiger partial charge in [0.2, 0.25) is 0 Å². The van der Waals surface area contributed by atoms with Gasteiger partial charge in [0.15, 0.2) is 5.13 Å². The SMILES string of the molecule is O=C(Nc1nc(-c2ccccc2)c(NC(=O)c2ccccc2)s1)c1ccc(F)cc1. The van der Waals surface area contributed by atoms with Crippen LogP contribution in [0.3, 0.4) is 0 Å². The molecule has 0 spiro atoms. The Labute approximate surface area is 176 Å². The molecule has 5 nitrogen and oxygen atoms in total. The van der Waals surface area contributed by atoms with Gasteiger partial charge >= 0.3 is 0 Å². The second-order valence-electron chi connectivity index (χ2n) is 6.34. The second kappa shape index (κ2) is 8.67. The molecule has 0 saturated heterocycles. The Morgan fingerprint density at radius 3 is 1.97 bits per heavy atom. The van der Waals surface area contributed by atoms with Crippen LogP contribution in [0.15, 0.2) is 84.9 Å². The van der Waals surface area contributed by atoms with Gasteiger partial charge in [-0.3, -0.25) is 14.9 Å². The molecule has 0 aliphatic rings. The van der Waals surface area contributed by atoms with Gasteiger partial charge in [0.05, 0.1) is 0 Å². The number of nitrogens with one attached hydrogen (secondary N) is 2. The van der Waals surface area contributed by atoms with E-state index in [9.17, 15) is 14.0 Å². The number of rotatable bonds is 5. The molecule has 0 fully saturated rings. The van der Waals surface area contributed by atoms with E-state index in [0.717, 1.165) is 16.9 Å². The Kier molecular flexibility index (Phi) is 5.63. The zero-order chi connectivity index (χ0) is 20.9. The van der Waals surface area contributed by atoms with E-state index in [1.807, 2.05) is 36.4 Å². The van der Waals surface area contributed by atoms with Crippen LogP contribution in [0.25, 0.3) is 11.3 Å². The van der Waals surface area contributed by atoms with Crippen molar-refractivity contribution in [2.75, 3.05) is 10.6 Å². The van der Waals surface area contributed by atoms with E-state index in [2.05, 4.69) is 15.6 Å². The Morgan fingerprint density at radius 1 is 0.733 bits per heavy atom. The summed E-state index contributed by atoms with van der Waals surface area (Å²) < 4.78 is 13.1. The maximum Gasteiger partial charge on any atom is 0.257 e. The molecule has 2 amide bonds. The molecule has 0 aliphatic carbocycles. The lowest BCUT2D eigenvalue weighted by Crippen LogP contribution is -2.11. The van der Waals surface area contributed by atoms with Gasteiger partial charge in [0.1, 0.15) is 16.5 Å². The third kappa shape index (κ3) is 4.42. The van der Waals surface area contributed by atoms with E-state index in [1.165, 1.54) is 24.3 Å². The summed E-state index contributed by atoms with van der Waals surface area (Å²) in [7, 11) is 0. The van der Waals surface area contributed by atoms with Gasteiger partial charge in [0, 0.05) is 16.7 Å². The number of anilines is 2. The van der Waals surface area contributed by atoms with Crippen LogP contribution in [-0.4, -0.2) is 16.8 Å². The Balaban J connectivity index is 1.63. The van der Waals surface area contributed by atoms with Crippen LogP contribution in [-0.2, 0) is 0 Å². The largest absolute Gasteiger partial charge is 0.312 e. The molecular weight excluding hydrogens is 401 g/mol. The third-order valence-electron chi connectivity index (χ3n) is 4.26. The number of aromatic nitrogens is 1. The fourth-order valence-corrected chi connectivity index (χ4v) is 3.66. The fraction of sp³-hybridized carbons (Fsp3) is 0. The molecule has 7 heteroatoms. The minimum atomic E-state index is -0.418. The van der Waals surface area contributed by atoms with Gasteiger partial charge in [-0.25, -0.2) is 9.37 Å². The first-order valence-corrected chi connectivity index (χ1v) is 9.91. The highest BCUT2D eigenvalue weighted by atomic mass is 32.1. The highest BCUT2D eigenvalue weighted by molar-refractivity contribution is 7.20. The number of carbonyl (C=O) groups excluding carboxylic acids is 2. The number of thiazole rings is 1. The number of hydrogen-bond acceptors (Lipinski definition) is 4. The van der Waals surface area contributed by atoms with Gasteiger partial charge in [-0.15, -0.1) is 0 Å². The first kappa shape index (κ1) is 19.5. The van der Waals surface area contributed by atoms with Gasteiger partial charge in [-0.05, 0) is 36.4 Å². The Bertz CT molecular complexity index is 1180.